The van der Waals surface area contributed by atoms with E-state index in [1.807, 2.05) is 0 Å². The van der Waals surface area contributed by atoms with Gasteiger partial charge in [-0.05, 0) is 6.92 Å². The average Bonchev–Trinajstić information content (AvgIpc) is 1.97. The highest BCUT2D eigenvalue weighted by Gasteiger charge is 2.20. The molecule has 0 aromatic carbocycles. The van der Waals surface area contributed by atoms with Crippen LogP contribution in [-0.2, 0) is 9.53 Å². The van der Waals surface area contributed by atoms with Crippen molar-refractivity contribution in [2.75, 3.05) is 6.61 Å². The van der Waals surface area contributed by atoms with Crippen molar-refractivity contribution in [1.82, 2.24) is 0 Å². The zero-order chi connectivity index (χ0) is 12.6. The van der Waals surface area contributed by atoms with E-state index in [2.05, 4.69) is 11.3 Å². The Morgan fingerprint density at radius 1 is 1.33 bits per heavy atom. The van der Waals surface area contributed by atoms with Crippen LogP contribution in [0.1, 0.15) is 6.92 Å². The summed E-state index contributed by atoms with van der Waals surface area (Å²) in [4.78, 5) is 32.2. The lowest BCUT2D eigenvalue weighted by atomic mass is 10.4. The summed E-state index contributed by atoms with van der Waals surface area (Å²) in [5.41, 5.74) is 0.120. The summed E-state index contributed by atoms with van der Waals surface area (Å²) in [5.74, 6) is -3.75. The second kappa shape index (κ2) is 7.66. The van der Waals surface area contributed by atoms with Gasteiger partial charge < -0.3 is 34.7 Å². The zero-order valence-corrected chi connectivity index (χ0v) is 8.76. The van der Waals surface area contributed by atoms with Gasteiger partial charge in [0.1, 0.15) is 0 Å². The Balaban J connectivity index is 0. The van der Waals surface area contributed by atoms with Gasteiger partial charge in [0.05, 0.1) is 0 Å². The summed E-state index contributed by atoms with van der Waals surface area (Å²) < 4.78 is 4.18. The van der Waals surface area contributed by atoms with Gasteiger partial charge in [-0.1, -0.05) is 6.58 Å². The second-order valence-electron chi connectivity index (χ2n) is 2.40. The molecule has 9 heteroatoms. The smallest absolute Gasteiger partial charge is 0.333 e. The first kappa shape index (κ1) is 16.8. The van der Waals surface area contributed by atoms with E-state index in [0.717, 1.165) is 0 Å². The maximum Gasteiger partial charge on any atom is 0.333 e. The number of ether oxygens (including phenoxy) is 1. The number of esters is 1. The topological polar surface area (TPSA) is 148 Å². The van der Waals surface area contributed by atoms with Gasteiger partial charge in [-0.15, -0.1) is 0 Å². The van der Waals surface area contributed by atoms with Crippen LogP contribution in [0.15, 0.2) is 12.2 Å². The van der Waals surface area contributed by atoms with Crippen LogP contribution in [0.3, 0.4) is 0 Å². The molecule has 0 rings (SSSR count). The maximum absolute atomic E-state index is 10.5. The largest absolute Gasteiger partial charge is 0.454 e. The minimum atomic E-state index is -2.97. The Kier molecular flexibility index (Phi) is 8.59. The minimum absolute atomic E-state index is 0.120. The molecule has 15 heavy (non-hydrogen) atoms. The van der Waals surface area contributed by atoms with Gasteiger partial charge in [-0.3, -0.25) is 0 Å². The fourth-order valence-electron chi connectivity index (χ4n) is 0.286. The van der Waals surface area contributed by atoms with Crippen LogP contribution in [0, 0.1) is 0 Å². The first-order valence-electron chi connectivity index (χ1n) is 3.42. The highest BCUT2D eigenvalue weighted by atomic mass is 31.2. The number of carbonyl (C=O) groups is 1. The van der Waals surface area contributed by atoms with Crippen molar-refractivity contribution in [2.24, 2.45) is 0 Å². The highest BCUT2D eigenvalue weighted by Crippen LogP contribution is 2.11. The number of hydrogen-bond acceptors (Lipinski definition) is 8. The molecule has 0 spiro atoms. The summed E-state index contributed by atoms with van der Waals surface area (Å²) in [5, 5.41) is 24.8. The lowest BCUT2D eigenvalue weighted by Crippen LogP contribution is -2.34. The third-order valence-corrected chi connectivity index (χ3v) is 0.745. The molecule has 0 saturated carbocycles. The summed E-state index contributed by atoms with van der Waals surface area (Å²) in [7, 11) is -2.62. The van der Waals surface area contributed by atoms with Gasteiger partial charge in [0, 0.05) is 5.57 Å². The summed E-state index contributed by atoms with van der Waals surface area (Å²) in [6.07, 6.45) is 0. The molecule has 90 valence electrons. The van der Waals surface area contributed by atoms with Gasteiger partial charge >= 0.3 is 20.5 Å². The molecule has 8 nitrogen and oxygen atoms in total. The van der Waals surface area contributed by atoms with Crippen LogP contribution >= 0.6 is 8.60 Å². The van der Waals surface area contributed by atoms with E-state index >= 15 is 0 Å². The molecule has 0 unspecified atom stereocenters. The molecule has 0 fully saturated rings. The number of hydrogen-bond donors (Lipinski definition) is 6. The van der Waals surface area contributed by atoms with Gasteiger partial charge in [-0.25, -0.2) is 4.79 Å². The Morgan fingerprint density at radius 3 is 1.87 bits per heavy atom. The van der Waals surface area contributed by atoms with Crippen LogP contribution < -0.4 is 0 Å². The molecular weight excluding hydrogens is 231 g/mol. The van der Waals surface area contributed by atoms with Crippen LogP contribution in [0.5, 0.6) is 0 Å². The van der Waals surface area contributed by atoms with Crippen molar-refractivity contribution in [3.05, 3.63) is 12.2 Å². The summed E-state index contributed by atoms with van der Waals surface area (Å²) in [6.45, 7) is 3.75. The molecule has 0 aliphatic carbocycles. The van der Waals surface area contributed by atoms with Crippen molar-refractivity contribution in [2.45, 2.75) is 12.9 Å². The molecule has 0 heterocycles. The van der Waals surface area contributed by atoms with Gasteiger partial charge in [0.15, 0.2) is 6.61 Å². The van der Waals surface area contributed by atoms with Gasteiger partial charge in [0.2, 0.25) is 0 Å². The maximum atomic E-state index is 10.5. The molecule has 0 radical (unpaired) electrons. The second-order valence-corrected chi connectivity index (χ2v) is 2.94. The van der Waals surface area contributed by atoms with Gasteiger partial charge in [0.25, 0.3) is 0 Å². The fourth-order valence-corrected chi connectivity index (χ4v) is 0.286. The minimum Gasteiger partial charge on any atom is -0.454 e. The first-order chi connectivity index (χ1) is 6.56. The van der Waals surface area contributed by atoms with E-state index in [1.165, 1.54) is 6.92 Å². The van der Waals surface area contributed by atoms with Crippen molar-refractivity contribution in [1.29, 1.82) is 0 Å². The van der Waals surface area contributed by atoms with Crippen molar-refractivity contribution in [3.63, 3.8) is 0 Å². The predicted octanol–water partition coefficient (Wildman–Crippen LogP) is -2.07. The normalized spacial score (nSPS) is 10.4. The van der Waals surface area contributed by atoms with Crippen LogP contribution in [0.25, 0.3) is 0 Å². The summed E-state index contributed by atoms with van der Waals surface area (Å²) in [6, 6.07) is 0. The number of aliphatic hydroxyl groups is 3. The van der Waals surface area contributed by atoms with Crippen LogP contribution in [0.4, 0.5) is 0 Å². The monoisotopic (exact) mass is 244 g/mol. The number of rotatable bonds is 3. The van der Waals surface area contributed by atoms with E-state index in [0.29, 0.717) is 0 Å². The third kappa shape index (κ3) is 19.7. The van der Waals surface area contributed by atoms with E-state index in [-0.39, 0.29) is 5.57 Å². The third-order valence-electron chi connectivity index (χ3n) is 0.745. The Morgan fingerprint density at radius 2 is 1.67 bits per heavy atom. The summed E-state index contributed by atoms with van der Waals surface area (Å²) >= 11 is 0. The molecule has 0 saturated heterocycles. The molecule has 0 bridgehead atoms. The standard InChI is InChI=1S/C6H10O5.H3O3P/c1-4(2)5(7)11-3-6(8,9)10;1-4(2)3/h8-10H,1,3H2,2H3;1-3H. The van der Waals surface area contributed by atoms with Crippen LogP contribution in [0.2, 0.25) is 0 Å². The van der Waals surface area contributed by atoms with E-state index in [1.54, 1.807) is 0 Å². The Bertz CT molecular complexity index is 205. The molecule has 6 N–H and O–H groups in total. The molecule has 0 aromatic rings. The van der Waals surface area contributed by atoms with Crippen molar-refractivity contribution < 1.29 is 39.5 Å². The molecular formula is C6H13O8P. The number of carbonyl (C=O) groups excluding carboxylic acids is 1. The molecule has 0 amide bonds. The molecule has 0 aromatic heterocycles. The SMILES string of the molecule is C=C(C)C(=O)OCC(O)(O)O.OP(O)O. The molecule has 0 aliphatic rings. The van der Waals surface area contributed by atoms with Crippen molar-refractivity contribution in [3.8, 4) is 0 Å². The molecule has 0 atom stereocenters. The van der Waals surface area contributed by atoms with Gasteiger partial charge in [-0.2, -0.15) is 0 Å². The lowest BCUT2D eigenvalue weighted by Gasteiger charge is -2.13. The Labute approximate surface area is 86.7 Å². The van der Waals surface area contributed by atoms with Crippen molar-refractivity contribution >= 4 is 14.6 Å². The Hall–Kier alpha value is -0.600. The van der Waals surface area contributed by atoms with E-state index in [9.17, 15) is 4.79 Å². The lowest BCUT2D eigenvalue weighted by molar-refractivity contribution is -0.327. The predicted molar refractivity (Wildman–Crippen MR) is 48.7 cm³/mol. The molecule has 0 aliphatic heterocycles. The quantitative estimate of drug-likeness (QED) is 0.143. The highest BCUT2D eigenvalue weighted by molar-refractivity contribution is 7.38. The van der Waals surface area contributed by atoms with Crippen LogP contribution in [-0.4, -0.2) is 48.5 Å². The fraction of sp³-hybridized carbons (Fsp3) is 0.500. The van der Waals surface area contributed by atoms with E-state index < -0.39 is 27.2 Å². The average molecular weight is 244 g/mol. The first-order valence-corrected chi connectivity index (χ1v) is 4.62. The van der Waals surface area contributed by atoms with E-state index in [4.69, 9.17) is 30.0 Å². The zero-order valence-electron chi connectivity index (χ0n) is 7.86.